The first-order valence-electron chi connectivity index (χ1n) is 6.59. The molecule has 0 radical (unpaired) electrons. The van der Waals surface area contributed by atoms with E-state index in [1.807, 2.05) is 0 Å². The fourth-order valence-corrected chi connectivity index (χ4v) is 2.55. The van der Waals surface area contributed by atoms with Crippen LogP contribution in [0.4, 0.5) is 0 Å². The van der Waals surface area contributed by atoms with Crippen molar-refractivity contribution in [3.8, 4) is 0 Å². The van der Waals surface area contributed by atoms with Crippen LogP contribution in [0.2, 0.25) is 0 Å². The molecular formula is C13H30N2. The molecule has 0 aromatic carbocycles. The van der Waals surface area contributed by atoms with Crippen LogP contribution in [-0.4, -0.2) is 30.1 Å². The third-order valence-electron chi connectivity index (χ3n) is 3.58. The smallest absolute Gasteiger partial charge is 0.0244 e. The maximum Gasteiger partial charge on any atom is 0.0244 e. The maximum atomic E-state index is 6.25. The molecule has 0 fully saturated rings. The van der Waals surface area contributed by atoms with Gasteiger partial charge in [-0.05, 0) is 32.7 Å². The minimum absolute atomic E-state index is 0.339. The largest absolute Gasteiger partial charge is 0.326 e. The first-order valence-corrected chi connectivity index (χ1v) is 6.59. The fraction of sp³-hybridized carbons (Fsp3) is 1.00. The molecule has 92 valence electrons. The van der Waals surface area contributed by atoms with Crippen LogP contribution in [0.3, 0.4) is 0 Å². The standard InChI is InChI=1S/C13H30N2/c1-6-10-12(14)13(9-4)15(5)11(7-2)8-3/h11-13H,6-10,14H2,1-5H3. The van der Waals surface area contributed by atoms with Gasteiger partial charge >= 0.3 is 0 Å². The first-order chi connectivity index (χ1) is 7.12. The SMILES string of the molecule is CCCC(N)C(CC)N(C)C(CC)CC. The molecule has 0 aliphatic rings. The Kier molecular flexibility index (Phi) is 8.07. The monoisotopic (exact) mass is 214 g/mol. The van der Waals surface area contributed by atoms with Crippen molar-refractivity contribution in [2.24, 2.45) is 5.73 Å². The van der Waals surface area contributed by atoms with Crippen molar-refractivity contribution in [3.05, 3.63) is 0 Å². The van der Waals surface area contributed by atoms with Crippen LogP contribution in [0.5, 0.6) is 0 Å². The number of likely N-dealkylation sites (N-methyl/N-ethyl adjacent to an activating group) is 1. The Morgan fingerprint density at radius 2 is 1.53 bits per heavy atom. The lowest BCUT2D eigenvalue weighted by atomic mass is 9.98. The normalized spacial score (nSPS) is 16.0. The van der Waals surface area contributed by atoms with Crippen LogP contribution >= 0.6 is 0 Å². The minimum Gasteiger partial charge on any atom is -0.326 e. The van der Waals surface area contributed by atoms with Gasteiger partial charge in [0.2, 0.25) is 0 Å². The molecule has 2 nitrogen and oxygen atoms in total. The Hall–Kier alpha value is -0.0800. The molecule has 0 spiro atoms. The Balaban J connectivity index is 4.36. The van der Waals surface area contributed by atoms with Crippen LogP contribution in [0.1, 0.15) is 59.8 Å². The minimum atomic E-state index is 0.339. The van der Waals surface area contributed by atoms with E-state index in [2.05, 4.69) is 39.6 Å². The molecule has 0 rings (SSSR count). The van der Waals surface area contributed by atoms with Crippen LogP contribution in [-0.2, 0) is 0 Å². The molecule has 0 aromatic heterocycles. The van der Waals surface area contributed by atoms with Gasteiger partial charge in [-0.2, -0.15) is 0 Å². The third kappa shape index (κ3) is 4.52. The van der Waals surface area contributed by atoms with Crippen LogP contribution in [0.25, 0.3) is 0 Å². The zero-order chi connectivity index (χ0) is 11.8. The molecule has 0 aliphatic heterocycles. The summed E-state index contributed by atoms with van der Waals surface area (Å²) >= 11 is 0. The van der Waals surface area contributed by atoms with Gasteiger partial charge < -0.3 is 5.73 Å². The molecule has 0 bridgehead atoms. The highest BCUT2D eigenvalue weighted by Crippen LogP contribution is 2.16. The quantitative estimate of drug-likeness (QED) is 0.673. The summed E-state index contributed by atoms with van der Waals surface area (Å²) in [6, 6.07) is 1.58. The molecule has 15 heavy (non-hydrogen) atoms. The van der Waals surface area contributed by atoms with Crippen molar-refractivity contribution in [1.29, 1.82) is 0 Å². The molecular weight excluding hydrogens is 184 g/mol. The van der Waals surface area contributed by atoms with E-state index in [1.54, 1.807) is 0 Å². The van der Waals surface area contributed by atoms with Crippen LogP contribution in [0, 0.1) is 0 Å². The van der Waals surface area contributed by atoms with E-state index in [0.717, 1.165) is 12.8 Å². The second-order valence-corrected chi connectivity index (χ2v) is 4.56. The highest BCUT2D eigenvalue weighted by atomic mass is 15.2. The Bertz CT molecular complexity index is 143. The summed E-state index contributed by atoms with van der Waals surface area (Å²) in [6.45, 7) is 8.99. The topological polar surface area (TPSA) is 29.3 Å². The second kappa shape index (κ2) is 8.12. The zero-order valence-corrected chi connectivity index (χ0v) is 11.3. The van der Waals surface area contributed by atoms with Gasteiger partial charge in [-0.15, -0.1) is 0 Å². The third-order valence-corrected chi connectivity index (χ3v) is 3.58. The van der Waals surface area contributed by atoms with E-state index in [0.29, 0.717) is 18.1 Å². The van der Waals surface area contributed by atoms with Gasteiger partial charge in [0.15, 0.2) is 0 Å². The van der Waals surface area contributed by atoms with E-state index in [1.165, 1.54) is 19.3 Å². The average molecular weight is 214 g/mol. The van der Waals surface area contributed by atoms with Gasteiger partial charge in [0.25, 0.3) is 0 Å². The molecule has 2 heteroatoms. The molecule has 0 amide bonds. The summed E-state index contributed by atoms with van der Waals surface area (Å²) in [4.78, 5) is 2.50. The molecule has 0 aromatic rings. The Labute approximate surface area is 96.2 Å². The highest BCUT2D eigenvalue weighted by molar-refractivity contribution is 4.82. The highest BCUT2D eigenvalue weighted by Gasteiger charge is 2.23. The number of nitrogens with zero attached hydrogens (tertiary/aromatic N) is 1. The predicted molar refractivity (Wildman–Crippen MR) is 69.1 cm³/mol. The van der Waals surface area contributed by atoms with Gasteiger partial charge in [-0.25, -0.2) is 0 Å². The summed E-state index contributed by atoms with van der Waals surface area (Å²) in [5, 5.41) is 0. The van der Waals surface area contributed by atoms with Gasteiger partial charge in [0, 0.05) is 18.1 Å². The van der Waals surface area contributed by atoms with Crippen LogP contribution in [0.15, 0.2) is 0 Å². The van der Waals surface area contributed by atoms with Gasteiger partial charge in [0.05, 0.1) is 0 Å². The average Bonchev–Trinajstić information content (AvgIpc) is 2.21. The lowest BCUT2D eigenvalue weighted by molar-refractivity contribution is 0.135. The van der Waals surface area contributed by atoms with Crippen molar-refractivity contribution in [2.75, 3.05) is 7.05 Å². The van der Waals surface area contributed by atoms with Gasteiger partial charge in [-0.1, -0.05) is 34.1 Å². The lowest BCUT2D eigenvalue weighted by Gasteiger charge is -2.37. The van der Waals surface area contributed by atoms with E-state index in [-0.39, 0.29) is 0 Å². The van der Waals surface area contributed by atoms with Gasteiger partial charge in [0.1, 0.15) is 0 Å². The van der Waals surface area contributed by atoms with E-state index in [4.69, 9.17) is 5.73 Å². The number of hydrogen-bond acceptors (Lipinski definition) is 2. The van der Waals surface area contributed by atoms with Crippen molar-refractivity contribution >= 4 is 0 Å². The predicted octanol–water partition coefficient (Wildman–Crippen LogP) is 3.01. The first kappa shape index (κ1) is 14.9. The summed E-state index contributed by atoms with van der Waals surface area (Å²) in [7, 11) is 2.24. The molecule has 2 unspecified atom stereocenters. The number of hydrogen-bond donors (Lipinski definition) is 1. The van der Waals surface area contributed by atoms with Crippen molar-refractivity contribution in [3.63, 3.8) is 0 Å². The van der Waals surface area contributed by atoms with Crippen LogP contribution < -0.4 is 5.73 Å². The molecule has 0 saturated heterocycles. The Morgan fingerprint density at radius 3 is 1.87 bits per heavy atom. The zero-order valence-electron chi connectivity index (χ0n) is 11.3. The fourth-order valence-electron chi connectivity index (χ4n) is 2.55. The van der Waals surface area contributed by atoms with Crippen molar-refractivity contribution < 1.29 is 0 Å². The maximum absolute atomic E-state index is 6.25. The lowest BCUT2D eigenvalue weighted by Crippen LogP contribution is -2.49. The van der Waals surface area contributed by atoms with E-state index in [9.17, 15) is 0 Å². The molecule has 0 heterocycles. The van der Waals surface area contributed by atoms with Gasteiger partial charge in [-0.3, -0.25) is 4.90 Å². The summed E-state index contributed by atoms with van der Waals surface area (Å²) in [5.74, 6) is 0. The number of rotatable bonds is 8. The molecule has 0 aliphatic carbocycles. The molecule has 2 atom stereocenters. The van der Waals surface area contributed by atoms with E-state index >= 15 is 0 Å². The Morgan fingerprint density at radius 1 is 1.00 bits per heavy atom. The summed E-state index contributed by atoms with van der Waals surface area (Å²) < 4.78 is 0. The summed E-state index contributed by atoms with van der Waals surface area (Å²) in [6.07, 6.45) is 5.94. The summed E-state index contributed by atoms with van der Waals surface area (Å²) in [5.41, 5.74) is 6.25. The van der Waals surface area contributed by atoms with Crippen molar-refractivity contribution in [2.45, 2.75) is 77.9 Å². The van der Waals surface area contributed by atoms with Crippen molar-refractivity contribution in [1.82, 2.24) is 4.90 Å². The molecule has 2 N–H and O–H groups in total. The van der Waals surface area contributed by atoms with E-state index < -0.39 is 0 Å². The molecule has 0 saturated carbocycles. The second-order valence-electron chi connectivity index (χ2n) is 4.56. The number of nitrogens with two attached hydrogens (primary N) is 1.